The zero-order valence-corrected chi connectivity index (χ0v) is 22.3. The summed E-state index contributed by atoms with van der Waals surface area (Å²) < 4.78 is 8.70. The molecule has 0 unspecified atom stereocenters. The fraction of sp³-hybridized carbons (Fsp3) is 0.0526. The third-order valence-electron chi connectivity index (χ3n) is 8.16. The van der Waals surface area contributed by atoms with Crippen LogP contribution < -0.4 is 0 Å². The standard InChI is InChI=1S/C38H27NO/c1-2-25-10-8-11-28(22-25)30-15-9-17-37-38(30)33-24-27(19-21-36(33)40-37)26-18-20-35-32(23-26)31-14-6-7-16-34(31)39(35)29-12-4-3-5-13-29/h3-24H,2H2,1H3. The van der Waals surface area contributed by atoms with Gasteiger partial charge in [0.25, 0.3) is 0 Å². The van der Waals surface area contributed by atoms with Crippen LogP contribution in [0.2, 0.25) is 0 Å². The second-order valence-electron chi connectivity index (χ2n) is 10.5. The van der Waals surface area contributed by atoms with Crippen molar-refractivity contribution in [3.05, 3.63) is 139 Å². The summed E-state index contributed by atoms with van der Waals surface area (Å²) in [5.74, 6) is 0. The highest BCUT2D eigenvalue weighted by Crippen LogP contribution is 2.40. The Kier molecular flexibility index (Phi) is 5.14. The van der Waals surface area contributed by atoms with Gasteiger partial charge in [0, 0.05) is 27.2 Å². The van der Waals surface area contributed by atoms with Crippen molar-refractivity contribution in [2.45, 2.75) is 13.3 Å². The molecule has 0 saturated heterocycles. The highest BCUT2D eigenvalue weighted by Gasteiger charge is 2.16. The molecule has 0 fully saturated rings. The number of hydrogen-bond acceptors (Lipinski definition) is 1. The number of benzene rings is 6. The van der Waals surface area contributed by atoms with Gasteiger partial charge in [-0.05, 0) is 82.8 Å². The molecule has 8 rings (SSSR count). The van der Waals surface area contributed by atoms with Crippen LogP contribution in [-0.4, -0.2) is 4.57 Å². The van der Waals surface area contributed by atoms with Crippen molar-refractivity contribution >= 4 is 43.7 Å². The Morgan fingerprint density at radius 1 is 0.525 bits per heavy atom. The largest absolute Gasteiger partial charge is 0.456 e. The Morgan fingerprint density at radius 2 is 1.27 bits per heavy atom. The highest BCUT2D eigenvalue weighted by molar-refractivity contribution is 6.14. The Bertz CT molecular complexity index is 2200. The molecule has 190 valence electrons. The highest BCUT2D eigenvalue weighted by atomic mass is 16.3. The predicted octanol–water partition coefficient (Wildman–Crippen LogP) is 10.6. The quantitative estimate of drug-likeness (QED) is 0.229. The first-order valence-electron chi connectivity index (χ1n) is 13.9. The third kappa shape index (κ3) is 3.50. The van der Waals surface area contributed by atoms with Gasteiger partial charge in [0.15, 0.2) is 0 Å². The molecule has 0 spiro atoms. The van der Waals surface area contributed by atoms with Crippen LogP contribution in [0.1, 0.15) is 12.5 Å². The molecule has 0 aliphatic rings. The molecule has 8 aromatic rings. The topological polar surface area (TPSA) is 18.1 Å². The molecule has 2 aromatic heterocycles. The summed E-state index contributed by atoms with van der Waals surface area (Å²) in [7, 11) is 0. The smallest absolute Gasteiger partial charge is 0.136 e. The van der Waals surface area contributed by atoms with Gasteiger partial charge in [0.2, 0.25) is 0 Å². The molecule has 0 atom stereocenters. The van der Waals surface area contributed by atoms with Gasteiger partial charge in [0.1, 0.15) is 11.2 Å². The van der Waals surface area contributed by atoms with Crippen LogP contribution in [-0.2, 0) is 6.42 Å². The molecule has 40 heavy (non-hydrogen) atoms. The first-order valence-corrected chi connectivity index (χ1v) is 13.9. The van der Waals surface area contributed by atoms with E-state index < -0.39 is 0 Å². The van der Waals surface area contributed by atoms with E-state index in [1.165, 1.54) is 60.7 Å². The molecule has 0 saturated carbocycles. The first kappa shape index (κ1) is 22.9. The van der Waals surface area contributed by atoms with Gasteiger partial charge in [-0.1, -0.05) is 91.9 Å². The minimum absolute atomic E-state index is 0.916. The molecule has 0 bridgehead atoms. The van der Waals surface area contributed by atoms with Gasteiger partial charge in [-0.15, -0.1) is 0 Å². The van der Waals surface area contributed by atoms with E-state index in [0.717, 1.165) is 23.0 Å². The van der Waals surface area contributed by atoms with E-state index in [0.29, 0.717) is 0 Å². The SMILES string of the molecule is CCc1cccc(-c2cccc3oc4ccc(-c5ccc6c(c5)c5ccccc5n6-c5ccccc5)cc4c23)c1. The Morgan fingerprint density at radius 3 is 2.15 bits per heavy atom. The lowest BCUT2D eigenvalue weighted by atomic mass is 9.96. The third-order valence-corrected chi connectivity index (χ3v) is 8.16. The first-order chi connectivity index (χ1) is 19.8. The van der Waals surface area contributed by atoms with Crippen LogP contribution in [0.3, 0.4) is 0 Å². The Balaban J connectivity index is 1.34. The van der Waals surface area contributed by atoms with Crippen molar-refractivity contribution in [2.24, 2.45) is 0 Å². The molecule has 0 aliphatic carbocycles. The molecule has 2 heteroatoms. The number of aryl methyl sites for hydroxylation is 1. The average Bonchev–Trinajstić information content (AvgIpc) is 3.56. The van der Waals surface area contributed by atoms with Crippen LogP contribution >= 0.6 is 0 Å². The van der Waals surface area contributed by atoms with Crippen LogP contribution in [0.4, 0.5) is 0 Å². The lowest BCUT2D eigenvalue weighted by Crippen LogP contribution is -1.92. The normalized spacial score (nSPS) is 11.7. The monoisotopic (exact) mass is 513 g/mol. The van der Waals surface area contributed by atoms with Crippen molar-refractivity contribution in [3.8, 4) is 27.9 Å². The second-order valence-corrected chi connectivity index (χ2v) is 10.5. The molecule has 6 aromatic carbocycles. The van der Waals surface area contributed by atoms with Gasteiger partial charge in [0.05, 0.1) is 11.0 Å². The molecular formula is C38H27NO. The summed E-state index contributed by atoms with van der Waals surface area (Å²) in [6.45, 7) is 2.20. The number of hydrogen-bond donors (Lipinski definition) is 0. The molecule has 0 amide bonds. The Hall–Kier alpha value is -5.08. The summed E-state index contributed by atoms with van der Waals surface area (Å²) in [5.41, 5.74) is 11.6. The number of para-hydroxylation sites is 2. The zero-order valence-electron chi connectivity index (χ0n) is 22.3. The van der Waals surface area contributed by atoms with E-state index in [4.69, 9.17) is 4.42 Å². The van der Waals surface area contributed by atoms with Crippen LogP contribution in [0.25, 0.3) is 71.7 Å². The lowest BCUT2D eigenvalue weighted by molar-refractivity contribution is 0.669. The van der Waals surface area contributed by atoms with E-state index >= 15 is 0 Å². The summed E-state index contributed by atoms with van der Waals surface area (Å²) in [5, 5.41) is 4.84. The summed E-state index contributed by atoms with van der Waals surface area (Å²) in [6, 6.07) is 48.0. The van der Waals surface area contributed by atoms with Crippen molar-refractivity contribution in [1.82, 2.24) is 4.57 Å². The van der Waals surface area contributed by atoms with Crippen molar-refractivity contribution < 1.29 is 4.42 Å². The second kappa shape index (κ2) is 9.00. The van der Waals surface area contributed by atoms with Gasteiger partial charge < -0.3 is 8.98 Å². The summed E-state index contributed by atoms with van der Waals surface area (Å²) >= 11 is 0. The predicted molar refractivity (Wildman–Crippen MR) is 168 cm³/mol. The van der Waals surface area contributed by atoms with Gasteiger partial charge in [-0.25, -0.2) is 0 Å². The molecule has 0 aliphatic heterocycles. The summed E-state index contributed by atoms with van der Waals surface area (Å²) in [4.78, 5) is 0. The van der Waals surface area contributed by atoms with Gasteiger partial charge in [-0.3, -0.25) is 0 Å². The lowest BCUT2D eigenvalue weighted by Gasteiger charge is -2.08. The molecule has 2 heterocycles. The van der Waals surface area contributed by atoms with Crippen LogP contribution in [0.5, 0.6) is 0 Å². The molecule has 2 nitrogen and oxygen atoms in total. The van der Waals surface area contributed by atoms with E-state index in [-0.39, 0.29) is 0 Å². The van der Waals surface area contributed by atoms with Crippen molar-refractivity contribution in [3.63, 3.8) is 0 Å². The van der Waals surface area contributed by atoms with E-state index in [1.54, 1.807) is 0 Å². The molecule has 0 N–H and O–H groups in total. The van der Waals surface area contributed by atoms with Crippen LogP contribution in [0.15, 0.2) is 138 Å². The van der Waals surface area contributed by atoms with E-state index in [1.807, 2.05) is 0 Å². The van der Waals surface area contributed by atoms with Crippen molar-refractivity contribution in [2.75, 3.05) is 0 Å². The molecule has 0 radical (unpaired) electrons. The number of nitrogens with zero attached hydrogens (tertiary/aromatic N) is 1. The number of rotatable bonds is 4. The Labute approximate surface area is 232 Å². The maximum absolute atomic E-state index is 6.34. The fourth-order valence-corrected chi connectivity index (χ4v) is 6.21. The van der Waals surface area contributed by atoms with Gasteiger partial charge in [-0.2, -0.15) is 0 Å². The van der Waals surface area contributed by atoms with E-state index in [2.05, 4.69) is 145 Å². The van der Waals surface area contributed by atoms with Crippen LogP contribution in [0, 0.1) is 0 Å². The zero-order chi connectivity index (χ0) is 26.6. The van der Waals surface area contributed by atoms with Gasteiger partial charge >= 0.3 is 0 Å². The molecular weight excluding hydrogens is 486 g/mol. The maximum Gasteiger partial charge on any atom is 0.136 e. The van der Waals surface area contributed by atoms with Crippen molar-refractivity contribution in [1.29, 1.82) is 0 Å². The average molecular weight is 514 g/mol. The summed E-state index contributed by atoms with van der Waals surface area (Å²) in [6.07, 6.45) is 1.02. The fourth-order valence-electron chi connectivity index (χ4n) is 6.21. The minimum atomic E-state index is 0.916. The number of aromatic nitrogens is 1. The number of fused-ring (bicyclic) bond motifs is 6. The van der Waals surface area contributed by atoms with E-state index in [9.17, 15) is 0 Å². The maximum atomic E-state index is 6.34. The number of furan rings is 1. The minimum Gasteiger partial charge on any atom is -0.456 e.